The lowest BCUT2D eigenvalue weighted by atomic mass is 9.44. The van der Waals surface area contributed by atoms with Crippen molar-refractivity contribution in [3.63, 3.8) is 0 Å². The van der Waals surface area contributed by atoms with Crippen LogP contribution in [0.15, 0.2) is 12.1 Å². The van der Waals surface area contributed by atoms with E-state index >= 15 is 4.39 Å². The number of nitrogens with zero attached hydrogens (tertiary/aromatic N) is 2. The Bertz CT molecular complexity index is 916. The minimum Gasteiger partial charge on any atom is -0.399 e. The topological polar surface area (TPSA) is 36.3 Å². The summed E-state index contributed by atoms with van der Waals surface area (Å²) in [5, 5.41) is 0. The maximum absolute atomic E-state index is 15.1. The largest absolute Gasteiger partial charge is 0.495 e. The molecule has 4 nitrogen and oxygen atoms in total. The van der Waals surface area contributed by atoms with Gasteiger partial charge in [-0.25, -0.2) is 9.37 Å². The van der Waals surface area contributed by atoms with Gasteiger partial charge in [-0.15, -0.1) is 0 Å². The van der Waals surface area contributed by atoms with Crippen LogP contribution >= 0.6 is 0 Å². The maximum Gasteiger partial charge on any atom is 0.495 e. The van der Waals surface area contributed by atoms with Crippen molar-refractivity contribution in [3.8, 4) is 0 Å². The second-order valence-electron chi connectivity index (χ2n) is 10.1. The molecule has 6 heteroatoms. The minimum absolute atomic E-state index is 0.185. The molecule has 0 amide bonds. The first-order valence-electron chi connectivity index (χ1n) is 10.1. The van der Waals surface area contributed by atoms with E-state index in [1.54, 1.807) is 0 Å². The highest BCUT2D eigenvalue weighted by Gasteiger charge is 2.60. The molecule has 1 saturated heterocycles. The van der Waals surface area contributed by atoms with Gasteiger partial charge in [-0.1, -0.05) is 0 Å². The molecule has 0 spiro atoms. The standard InChI is InChI=1S/C21H28BFN2O2/c1-12(2)25-16-8-14(22-26-19(3,4)20(5,6)27-22)7-15(23)17(16)24-18(25)21-9-13(10-21)11-21/h7-8,12-13H,9-11H2,1-6H3. The first-order chi connectivity index (χ1) is 12.5. The average Bonchev–Trinajstić information content (AvgIpc) is 2.91. The molecule has 2 heterocycles. The van der Waals surface area contributed by atoms with Gasteiger partial charge in [0.1, 0.15) is 11.3 Å². The molecule has 2 aromatic rings. The predicted molar refractivity (Wildman–Crippen MR) is 105 cm³/mol. The molecule has 1 aromatic carbocycles. The van der Waals surface area contributed by atoms with Crippen LogP contribution in [-0.4, -0.2) is 27.9 Å². The Morgan fingerprint density at radius 1 is 1.11 bits per heavy atom. The molecule has 144 valence electrons. The first-order valence-corrected chi connectivity index (χ1v) is 10.1. The fourth-order valence-corrected chi connectivity index (χ4v) is 4.94. The van der Waals surface area contributed by atoms with Gasteiger partial charge >= 0.3 is 7.12 Å². The highest BCUT2D eigenvalue weighted by Crippen LogP contribution is 2.65. The van der Waals surface area contributed by atoms with E-state index < -0.39 is 18.3 Å². The Morgan fingerprint density at radius 2 is 1.70 bits per heavy atom. The molecule has 1 aromatic heterocycles. The van der Waals surface area contributed by atoms with Gasteiger partial charge in [0.2, 0.25) is 0 Å². The van der Waals surface area contributed by atoms with Gasteiger partial charge in [0.05, 0.1) is 16.7 Å². The molecule has 0 N–H and O–H groups in total. The number of rotatable bonds is 3. The van der Waals surface area contributed by atoms with Crippen molar-refractivity contribution >= 4 is 23.6 Å². The summed E-state index contributed by atoms with van der Waals surface area (Å²) in [5.74, 6) is 1.64. The van der Waals surface area contributed by atoms with Gasteiger partial charge in [-0.3, -0.25) is 0 Å². The van der Waals surface area contributed by atoms with Crippen molar-refractivity contribution in [1.82, 2.24) is 9.55 Å². The number of halogens is 1. The molecule has 4 fully saturated rings. The molecule has 0 radical (unpaired) electrons. The number of fused-ring (bicyclic) bond motifs is 1. The fraction of sp³-hybridized carbons (Fsp3) is 0.667. The number of imidazole rings is 1. The first kappa shape index (κ1) is 17.7. The lowest BCUT2D eigenvalue weighted by Crippen LogP contribution is -2.56. The van der Waals surface area contributed by atoms with Crippen LogP contribution < -0.4 is 5.46 Å². The third kappa shape index (κ3) is 2.26. The van der Waals surface area contributed by atoms with Gasteiger partial charge in [0.15, 0.2) is 5.82 Å². The summed E-state index contributed by atoms with van der Waals surface area (Å²) in [6.07, 6.45) is 3.61. The maximum atomic E-state index is 15.1. The second kappa shape index (κ2) is 5.15. The van der Waals surface area contributed by atoms with Crippen LogP contribution in [0.5, 0.6) is 0 Å². The van der Waals surface area contributed by atoms with Crippen LogP contribution in [0.3, 0.4) is 0 Å². The van der Waals surface area contributed by atoms with Crippen molar-refractivity contribution in [2.24, 2.45) is 5.92 Å². The molecule has 3 aliphatic carbocycles. The zero-order valence-corrected chi connectivity index (χ0v) is 17.1. The molecular weight excluding hydrogens is 342 g/mol. The number of hydrogen-bond donors (Lipinski definition) is 0. The Hall–Kier alpha value is -1.40. The summed E-state index contributed by atoms with van der Waals surface area (Å²) in [4.78, 5) is 4.80. The van der Waals surface area contributed by atoms with Crippen LogP contribution in [0.1, 0.15) is 72.7 Å². The molecule has 0 unspecified atom stereocenters. The zero-order valence-electron chi connectivity index (χ0n) is 17.1. The van der Waals surface area contributed by atoms with Gasteiger partial charge in [-0.2, -0.15) is 0 Å². The lowest BCUT2D eigenvalue weighted by Gasteiger charge is -2.61. The highest BCUT2D eigenvalue weighted by atomic mass is 19.1. The Labute approximate surface area is 160 Å². The molecule has 6 rings (SSSR count). The van der Waals surface area contributed by atoms with E-state index in [1.807, 2.05) is 33.8 Å². The summed E-state index contributed by atoms with van der Waals surface area (Å²) >= 11 is 0. The SMILES string of the molecule is CC(C)n1c(C23CC(C2)C3)nc2c(F)cc(B3OC(C)(C)C(C)(C)O3)cc21. The average molecular weight is 370 g/mol. The zero-order chi connectivity index (χ0) is 19.4. The van der Waals surface area contributed by atoms with Crippen LogP contribution in [0.2, 0.25) is 0 Å². The molecule has 27 heavy (non-hydrogen) atoms. The third-order valence-electron chi connectivity index (χ3n) is 7.33. The summed E-state index contributed by atoms with van der Waals surface area (Å²) in [5.41, 5.74) is 1.35. The Morgan fingerprint density at radius 3 is 2.19 bits per heavy atom. The number of hydrogen-bond acceptors (Lipinski definition) is 3. The van der Waals surface area contributed by atoms with Crippen molar-refractivity contribution in [3.05, 3.63) is 23.8 Å². The Balaban J connectivity index is 1.63. The monoisotopic (exact) mass is 370 g/mol. The van der Waals surface area contributed by atoms with Crippen LogP contribution in [0.25, 0.3) is 11.0 Å². The molecule has 1 aliphatic heterocycles. The van der Waals surface area contributed by atoms with Gasteiger partial charge in [0.25, 0.3) is 0 Å². The summed E-state index contributed by atoms with van der Waals surface area (Å²) in [6, 6.07) is 3.78. The predicted octanol–water partition coefficient (Wildman–Crippen LogP) is 4.11. The number of benzene rings is 1. The number of aromatic nitrogens is 2. The molecule has 0 atom stereocenters. The van der Waals surface area contributed by atoms with E-state index in [0.29, 0.717) is 5.52 Å². The van der Waals surface area contributed by atoms with Crippen molar-refractivity contribution in [1.29, 1.82) is 0 Å². The van der Waals surface area contributed by atoms with Crippen LogP contribution in [0.4, 0.5) is 4.39 Å². The quantitative estimate of drug-likeness (QED) is 0.763. The van der Waals surface area contributed by atoms with E-state index in [2.05, 4.69) is 18.4 Å². The van der Waals surface area contributed by atoms with Crippen molar-refractivity contribution < 1.29 is 13.7 Å². The van der Waals surface area contributed by atoms with Gasteiger partial charge in [0, 0.05) is 11.5 Å². The van der Waals surface area contributed by atoms with E-state index in [4.69, 9.17) is 14.3 Å². The molecule has 3 saturated carbocycles. The van der Waals surface area contributed by atoms with Crippen molar-refractivity contribution in [2.75, 3.05) is 0 Å². The van der Waals surface area contributed by atoms with E-state index in [1.165, 1.54) is 25.3 Å². The lowest BCUT2D eigenvalue weighted by molar-refractivity contribution is -0.0373. The van der Waals surface area contributed by atoms with E-state index in [9.17, 15) is 0 Å². The molecule has 2 bridgehead atoms. The summed E-state index contributed by atoms with van der Waals surface area (Å²) in [7, 11) is -0.567. The van der Waals surface area contributed by atoms with Gasteiger partial charge in [-0.05, 0) is 84.3 Å². The molecular formula is C21H28BFN2O2. The molecule has 4 aliphatic rings. The van der Waals surface area contributed by atoms with E-state index in [-0.39, 0.29) is 17.3 Å². The van der Waals surface area contributed by atoms with Crippen LogP contribution in [-0.2, 0) is 14.7 Å². The Kier molecular flexibility index (Phi) is 3.37. The fourth-order valence-electron chi connectivity index (χ4n) is 4.94. The van der Waals surface area contributed by atoms with Crippen LogP contribution in [0, 0.1) is 11.7 Å². The minimum atomic E-state index is -0.567. The normalized spacial score (nSPS) is 30.7. The summed E-state index contributed by atoms with van der Waals surface area (Å²) in [6.45, 7) is 12.4. The highest BCUT2D eigenvalue weighted by molar-refractivity contribution is 6.62. The third-order valence-corrected chi connectivity index (χ3v) is 7.33. The van der Waals surface area contributed by atoms with E-state index in [0.717, 1.165) is 22.7 Å². The smallest absolute Gasteiger partial charge is 0.399 e. The summed E-state index contributed by atoms with van der Waals surface area (Å²) < 4.78 is 29.6. The van der Waals surface area contributed by atoms with Crippen molar-refractivity contribution in [2.45, 2.75) is 83.5 Å². The second-order valence-corrected chi connectivity index (χ2v) is 10.1. The van der Waals surface area contributed by atoms with Gasteiger partial charge < -0.3 is 13.9 Å².